The smallest absolute Gasteiger partial charge is 0.242 e. The van der Waals surface area contributed by atoms with Crippen LogP contribution in [0.2, 0.25) is 0 Å². The third-order valence-electron chi connectivity index (χ3n) is 2.30. The van der Waals surface area contributed by atoms with Gasteiger partial charge < -0.3 is 4.52 Å². The van der Waals surface area contributed by atoms with Gasteiger partial charge in [-0.1, -0.05) is 11.2 Å². The molecule has 1 heterocycles. The molecule has 0 aliphatic rings. The number of nitriles is 1. The second-order valence-corrected chi connectivity index (χ2v) is 5.26. The molecular weight excluding hydrogens is 273 g/mol. The lowest BCUT2D eigenvalue weighted by Gasteiger charge is -2.07. The predicted octanol–water partition coefficient (Wildman–Crippen LogP) is 1.16. The van der Waals surface area contributed by atoms with Gasteiger partial charge in [0, 0.05) is 6.07 Å². The molecule has 0 spiro atoms. The van der Waals surface area contributed by atoms with Gasteiger partial charge in [-0.25, -0.2) is 17.5 Å². The Bertz CT molecular complexity index is 720. The van der Waals surface area contributed by atoms with Crippen molar-refractivity contribution in [1.29, 1.82) is 5.26 Å². The van der Waals surface area contributed by atoms with Crippen LogP contribution in [-0.4, -0.2) is 13.6 Å². The summed E-state index contributed by atoms with van der Waals surface area (Å²) in [6.45, 7) is -0.135. The third-order valence-corrected chi connectivity index (χ3v) is 3.75. The molecule has 0 bridgehead atoms. The van der Waals surface area contributed by atoms with Gasteiger partial charge in [-0.2, -0.15) is 5.26 Å². The van der Waals surface area contributed by atoms with Crippen LogP contribution in [-0.2, 0) is 16.6 Å². The van der Waals surface area contributed by atoms with Gasteiger partial charge >= 0.3 is 0 Å². The fraction of sp³-hybridized carbons (Fsp3) is 0.0909. The molecule has 0 saturated heterocycles. The van der Waals surface area contributed by atoms with Gasteiger partial charge in [0.15, 0.2) is 5.76 Å². The van der Waals surface area contributed by atoms with Crippen molar-refractivity contribution in [2.75, 3.05) is 0 Å². The van der Waals surface area contributed by atoms with E-state index in [1.54, 1.807) is 0 Å². The van der Waals surface area contributed by atoms with Gasteiger partial charge in [0.25, 0.3) is 0 Å². The second kappa shape index (κ2) is 5.17. The van der Waals surface area contributed by atoms with Crippen molar-refractivity contribution < 1.29 is 17.3 Å². The Balaban J connectivity index is 2.30. The summed E-state index contributed by atoms with van der Waals surface area (Å²) in [5.41, 5.74) is -0.521. The Morgan fingerprint density at radius 1 is 1.42 bits per heavy atom. The Kier molecular flexibility index (Phi) is 3.59. The van der Waals surface area contributed by atoms with E-state index in [2.05, 4.69) is 9.88 Å². The minimum absolute atomic E-state index is 0.135. The fourth-order valence-electron chi connectivity index (χ4n) is 1.41. The van der Waals surface area contributed by atoms with Gasteiger partial charge in [-0.3, -0.25) is 0 Å². The first kappa shape index (κ1) is 13.2. The lowest BCUT2D eigenvalue weighted by atomic mass is 10.2. The van der Waals surface area contributed by atoms with Crippen molar-refractivity contribution in [2.24, 2.45) is 0 Å². The van der Waals surface area contributed by atoms with Crippen LogP contribution in [0.15, 0.2) is 39.9 Å². The minimum atomic E-state index is -4.00. The summed E-state index contributed by atoms with van der Waals surface area (Å²) in [5.74, 6) is -0.580. The highest BCUT2D eigenvalue weighted by Crippen LogP contribution is 2.18. The number of sulfonamides is 1. The Labute approximate surface area is 108 Å². The molecule has 1 aromatic heterocycles. The van der Waals surface area contributed by atoms with E-state index in [0.29, 0.717) is 5.76 Å². The molecule has 1 aromatic carbocycles. The van der Waals surface area contributed by atoms with E-state index in [0.717, 1.165) is 12.1 Å². The number of nitrogens with one attached hydrogen (secondary N) is 1. The van der Waals surface area contributed by atoms with Crippen molar-refractivity contribution in [3.63, 3.8) is 0 Å². The van der Waals surface area contributed by atoms with E-state index in [1.165, 1.54) is 24.4 Å². The SMILES string of the molecule is N#Cc1c(F)cccc1S(=O)(=O)NCc1ccno1. The van der Waals surface area contributed by atoms with Crippen LogP contribution < -0.4 is 4.72 Å². The standard InChI is InChI=1S/C11H8FN3O3S/c12-10-2-1-3-11(9(10)6-13)19(16,17)15-7-8-4-5-14-18-8/h1-5,15H,7H2. The van der Waals surface area contributed by atoms with Crippen molar-refractivity contribution in [3.8, 4) is 6.07 Å². The van der Waals surface area contributed by atoms with E-state index in [9.17, 15) is 12.8 Å². The highest BCUT2D eigenvalue weighted by Gasteiger charge is 2.21. The first-order valence-corrected chi connectivity index (χ1v) is 6.61. The zero-order valence-corrected chi connectivity index (χ0v) is 10.3. The summed E-state index contributed by atoms with van der Waals surface area (Å²) in [6.07, 6.45) is 1.37. The Morgan fingerprint density at radius 3 is 2.84 bits per heavy atom. The third kappa shape index (κ3) is 2.78. The summed E-state index contributed by atoms with van der Waals surface area (Å²) in [6, 6.07) is 6.42. The fourth-order valence-corrected chi connectivity index (χ4v) is 2.57. The molecule has 0 radical (unpaired) electrons. The molecule has 2 aromatic rings. The minimum Gasteiger partial charge on any atom is -0.360 e. The number of aromatic nitrogens is 1. The zero-order chi connectivity index (χ0) is 13.9. The van der Waals surface area contributed by atoms with Crippen LogP contribution in [0, 0.1) is 17.1 Å². The largest absolute Gasteiger partial charge is 0.360 e. The van der Waals surface area contributed by atoms with Crippen LogP contribution in [0.3, 0.4) is 0 Å². The Morgan fingerprint density at radius 2 is 2.21 bits per heavy atom. The molecule has 0 aliphatic carbocycles. The summed E-state index contributed by atoms with van der Waals surface area (Å²) < 4.78 is 44.2. The number of hydrogen-bond donors (Lipinski definition) is 1. The number of rotatable bonds is 4. The van der Waals surface area contributed by atoms with Crippen molar-refractivity contribution in [2.45, 2.75) is 11.4 Å². The molecule has 0 aliphatic heterocycles. The molecule has 8 heteroatoms. The van der Waals surface area contributed by atoms with E-state index in [-0.39, 0.29) is 6.54 Å². The van der Waals surface area contributed by atoms with E-state index in [4.69, 9.17) is 9.78 Å². The van der Waals surface area contributed by atoms with Gasteiger partial charge in [-0.05, 0) is 12.1 Å². The van der Waals surface area contributed by atoms with Crippen molar-refractivity contribution in [3.05, 3.63) is 47.6 Å². The molecule has 1 N–H and O–H groups in total. The summed E-state index contributed by atoms with van der Waals surface area (Å²) in [4.78, 5) is -0.408. The van der Waals surface area contributed by atoms with E-state index in [1.807, 2.05) is 0 Å². The molecule has 19 heavy (non-hydrogen) atoms. The van der Waals surface area contributed by atoms with Crippen LogP contribution in [0.4, 0.5) is 4.39 Å². The average Bonchev–Trinajstić information content (AvgIpc) is 2.89. The Hall–Kier alpha value is -2.24. The molecular formula is C11H8FN3O3S. The molecule has 6 nitrogen and oxygen atoms in total. The molecule has 0 fully saturated rings. The van der Waals surface area contributed by atoms with Gasteiger partial charge in [0.2, 0.25) is 10.0 Å². The van der Waals surface area contributed by atoms with Crippen LogP contribution in [0.25, 0.3) is 0 Å². The number of benzene rings is 1. The summed E-state index contributed by atoms with van der Waals surface area (Å²) in [5, 5.41) is 12.2. The maximum Gasteiger partial charge on any atom is 0.242 e. The van der Waals surface area contributed by atoms with E-state index >= 15 is 0 Å². The number of hydrogen-bond acceptors (Lipinski definition) is 5. The average molecular weight is 281 g/mol. The number of nitrogens with zero attached hydrogens (tertiary/aromatic N) is 2. The molecule has 0 atom stereocenters. The topological polar surface area (TPSA) is 96.0 Å². The molecule has 98 valence electrons. The maximum atomic E-state index is 13.4. The van der Waals surface area contributed by atoms with Crippen LogP contribution >= 0.6 is 0 Å². The second-order valence-electron chi connectivity index (χ2n) is 3.53. The maximum absolute atomic E-state index is 13.4. The van der Waals surface area contributed by atoms with Gasteiger partial charge in [0.1, 0.15) is 22.3 Å². The summed E-state index contributed by atoms with van der Waals surface area (Å²) in [7, 11) is -4.00. The normalized spacial score (nSPS) is 11.2. The summed E-state index contributed by atoms with van der Waals surface area (Å²) >= 11 is 0. The molecule has 2 rings (SSSR count). The van der Waals surface area contributed by atoms with Gasteiger partial charge in [0.05, 0.1) is 12.7 Å². The first-order chi connectivity index (χ1) is 9.04. The molecule has 0 saturated carbocycles. The highest BCUT2D eigenvalue weighted by molar-refractivity contribution is 7.89. The van der Waals surface area contributed by atoms with Crippen molar-refractivity contribution >= 4 is 10.0 Å². The van der Waals surface area contributed by atoms with Crippen LogP contribution in [0.5, 0.6) is 0 Å². The lowest BCUT2D eigenvalue weighted by molar-refractivity contribution is 0.380. The number of halogens is 1. The van der Waals surface area contributed by atoms with E-state index < -0.39 is 26.3 Å². The lowest BCUT2D eigenvalue weighted by Crippen LogP contribution is -2.24. The van der Waals surface area contributed by atoms with Gasteiger partial charge in [-0.15, -0.1) is 0 Å². The predicted molar refractivity (Wildman–Crippen MR) is 61.6 cm³/mol. The highest BCUT2D eigenvalue weighted by atomic mass is 32.2. The molecule has 0 amide bonds. The molecule has 0 unspecified atom stereocenters. The first-order valence-electron chi connectivity index (χ1n) is 5.12. The monoisotopic (exact) mass is 281 g/mol. The van der Waals surface area contributed by atoms with Crippen molar-refractivity contribution in [1.82, 2.24) is 9.88 Å². The quantitative estimate of drug-likeness (QED) is 0.907. The zero-order valence-electron chi connectivity index (χ0n) is 9.50. The van der Waals surface area contributed by atoms with Crippen LogP contribution in [0.1, 0.15) is 11.3 Å².